The first kappa shape index (κ1) is 14.5. The van der Waals surface area contributed by atoms with Crippen molar-refractivity contribution >= 4 is 27.3 Å². The van der Waals surface area contributed by atoms with Gasteiger partial charge in [-0.25, -0.2) is 0 Å². The van der Waals surface area contributed by atoms with Crippen LogP contribution in [0.3, 0.4) is 0 Å². The molecule has 0 aromatic carbocycles. The minimum absolute atomic E-state index is 0.417. The lowest BCUT2D eigenvalue weighted by Gasteiger charge is -2.20. The molecule has 0 saturated heterocycles. The molecule has 0 amide bonds. The summed E-state index contributed by atoms with van der Waals surface area (Å²) in [5.41, 5.74) is 2.32. The molecule has 3 heteroatoms. The molecule has 1 fully saturated rings. The third kappa shape index (κ3) is 2.08. The Hall–Kier alpha value is 0.140. The molecule has 0 bridgehead atoms. The van der Waals surface area contributed by atoms with Gasteiger partial charge in [0, 0.05) is 10.9 Å². The zero-order chi connectivity index (χ0) is 13.7. The molecule has 0 spiro atoms. The summed E-state index contributed by atoms with van der Waals surface area (Å²) in [5, 5.41) is 3.71. The normalized spacial score (nSPS) is 23.1. The van der Waals surface area contributed by atoms with Crippen molar-refractivity contribution in [3.63, 3.8) is 0 Å². The van der Waals surface area contributed by atoms with Crippen molar-refractivity contribution in [3.05, 3.63) is 20.3 Å². The van der Waals surface area contributed by atoms with Gasteiger partial charge in [0.1, 0.15) is 0 Å². The highest BCUT2D eigenvalue weighted by Crippen LogP contribution is 2.72. The Morgan fingerprint density at radius 2 is 1.89 bits per heavy atom. The van der Waals surface area contributed by atoms with Gasteiger partial charge in [-0.05, 0) is 57.8 Å². The van der Waals surface area contributed by atoms with Crippen molar-refractivity contribution in [2.45, 2.75) is 47.6 Å². The van der Waals surface area contributed by atoms with Gasteiger partial charge < -0.3 is 5.32 Å². The van der Waals surface area contributed by atoms with Crippen molar-refractivity contribution in [1.82, 2.24) is 5.32 Å². The fourth-order valence-electron chi connectivity index (χ4n) is 3.48. The SMILES string of the molecule is CCNC(c1cc(Br)sc1C)C1C(C)(C)C1(C)C. The predicted octanol–water partition coefficient (Wildman–Crippen LogP) is 5.15. The van der Waals surface area contributed by atoms with Crippen molar-refractivity contribution in [2.24, 2.45) is 16.7 Å². The number of hydrogen-bond acceptors (Lipinski definition) is 2. The van der Waals surface area contributed by atoms with Gasteiger partial charge in [-0.2, -0.15) is 0 Å². The second-order valence-corrected chi connectivity index (χ2v) is 9.15. The molecule has 2 rings (SSSR count). The van der Waals surface area contributed by atoms with E-state index in [0.717, 1.165) is 6.54 Å². The number of nitrogens with one attached hydrogen (secondary N) is 1. The van der Waals surface area contributed by atoms with Crippen LogP contribution in [0.1, 0.15) is 51.1 Å². The van der Waals surface area contributed by atoms with Crippen molar-refractivity contribution in [2.75, 3.05) is 6.54 Å². The summed E-state index contributed by atoms with van der Waals surface area (Å²) in [6.07, 6.45) is 0. The van der Waals surface area contributed by atoms with E-state index in [1.54, 1.807) is 0 Å². The fourth-order valence-corrected chi connectivity index (χ4v) is 5.23. The first-order valence-electron chi connectivity index (χ1n) is 6.72. The molecule has 0 radical (unpaired) electrons. The highest BCUT2D eigenvalue weighted by atomic mass is 79.9. The maximum absolute atomic E-state index is 3.71. The van der Waals surface area contributed by atoms with Crippen molar-refractivity contribution < 1.29 is 0 Å². The second kappa shape index (κ2) is 4.60. The van der Waals surface area contributed by atoms with Crippen LogP contribution in [0.4, 0.5) is 0 Å². The number of thiophene rings is 1. The quantitative estimate of drug-likeness (QED) is 0.805. The van der Waals surface area contributed by atoms with E-state index in [-0.39, 0.29) is 0 Å². The maximum atomic E-state index is 3.71. The van der Waals surface area contributed by atoms with Crippen LogP contribution in [0.2, 0.25) is 0 Å². The Morgan fingerprint density at radius 1 is 1.33 bits per heavy atom. The predicted molar refractivity (Wildman–Crippen MR) is 84.2 cm³/mol. The molecule has 1 aromatic rings. The van der Waals surface area contributed by atoms with Crippen LogP contribution in [0.25, 0.3) is 0 Å². The summed E-state index contributed by atoms with van der Waals surface area (Å²) in [5.74, 6) is 0.713. The van der Waals surface area contributed by atoms with Gasteiger partial charge in [-0.1, -0.05) is 34.6 Å². The molecule has 1 heterocycles. The van der Waals surface area contributed by atoms with Gasteiger partial charge in [0.2, 0.25) is 0 Å². The molecular weight excluding hydrogens is 306 g/mol. The summed E-state index contributed by atoms with van der Waals surface area (Å²) in [6.45, 7) is 15.1. The molecule has 1 aliphatic rings. The van der Waals surface area contributed by atoms with E-state index in [1.807, 2.05) is 11.3 Å². The molecule has 18 heavy (non-hydrogen) atoms. The number of halogens is 1. The van der Waals surface area contributed by atoms with Crippen LogP contribution >= 0.6 is 27.3 Å². The largest absolute Gasteiger partial charge is 0.310 e. The zero-order valence-electron chi connectivity index (χ0n) is 12.2. The fraction of sp³-hybridized carbons (Fsp3) is 0.733. The molecule has 102 valence electrons. The lowest BCUT2D eigenvalue weighted by molar-refractivity contribution is 0.418. The minimum atomic E-state index is 0.417. The number of aryl methyl sites for hydroxylation is 1. The molecule has 0 aliphatic heterocycles. The highest BCUT2D eigenvalue weighted by Gasteiger charge is 2.67. The summed E-state index contributed by atoms with van der Waals surface area (Å²) < 4.78 is 1.24. The Kier molecular flexibility index (Phi) is 3.72. The Labute approximate surface area is 123 Å². The molecule has 1 aromatic heterocycles. The third-order valence-electron chi connectivity index (χ3n) is 5.15. The summed E-state index contributed by atoms with van der Waals surface area (Å²) in [6, 6.07) is 2.79. The van der Waals surface area contributed by atoms with Crippen molar-refractivity contribution in [3.8, 4) is 0 Å². The molecule has 1 nitrogen and oxygen atoms in total. The third-order valence-corrected chi connectivity index (χ3v) is 6.72. The Balaban J connectivity index is 2.34. The first-order valence-corrected chi connectivity index (χ1v) is 8.33. The van der Waals surface area contributed by atoms with E-state index >= 15 is 0 Å². The number of hydrogen-bond donors (Lipinski definition) is 1. The topological polar surface area (TPSA) is 12.0 Å². The smallest absolute Gasteiger partial charge is 0.0704 e. The first-order chi connectivity index (χ1) is 8.23. The second-order valence-electron chi connectivity index (χ2n) is 6.52. The van der Waals surface area contributed by atoms with Crippen LogP contribution in [0.5, 0.6) is 0 Å². The Bertz CT molecular complexity index is 433. The van der Waals surface area contributed by atoms with Crippen LogP contribution in [0.15, 0.2) is 9.85 Å². The summed E-state index contributed by atoms with van der Waals surface area (Å²) in [7, 11) is 0. The minimum Gasteiger partial charge on any atom is -0.310 e. The number of rotatable bonds is 4. The van der Waals surface area contributed by atoms with Gasteiger partial charge in [0.05, 0.1) is 3.79 Å². The lowest BCUT2D eigenvalue weighted by Crippen LogP contribution is -2.25. The van der Waals surface area contributed by atoms with E-state index in [0.29, 0.717) is 22.8 Å². The van der Waals surface area contributed by atoms with Crippen LogP contribution in [-0.2, 0) is 0 Å². The van der Waals surface area contributed by atoms with Gasteiger partial charge in [0.15, 0.2) is 0 Å². The lowest BCUT2D eigenvalue weighted by atomic mass is 9.97. The van der Waals surface area contributed by atoms with E-state index in [2.05, 4.69) is 68.9 Å². The average Bonchev–Trinajstić information content (AvgIpc) is 2.53. The summed E-state index contributed by atoms with van der Waals surface area (Å²) >= 11 is 5.47. The molecule has 1 atom stereocenters. The monoisotopic (exact) mass is 329 g/mol. The van der Waals surface area contributed by atoms with Gasteiger partial charge >= 0.3 is 0 Å². The van der Waals surface area contributed by atoms with Crippen LogP contribution < -0.4 is 5.32 Å². The summed E-state index contributed by atoms with van der Waals surface area (Å²) in [4.78, 5) is 1.44. The van der Waals surface area contributed by atoms with E-state index < -0.39 is 0 Å². The van der Waals surface area contributed by atoms with E-state index in [1.165, 1.54) is 14.2 Å². The average molecular weight is 330 g/mol. The zero-order valence-corrected chi connectivity index (χ0v) is 14.6. The van der Waals surface area contributed by atoms with Crippen LogP contribution in [-0.4, -0.2) is 6.54 Å². The Morgan fingerprint density at radius 3 is 2.22 bits per heavy atom. The van der Waals surface area contributed by atoms with Gasteiger partial charge in [-0.15, -0.1) is 11.3 Å². The van der Waals surface area contributed by atoms with E-state index in [9.17, 15) is 0 Å². The molecule has 1 saturated carbocycles. The maximum Gasteiger partial charge on any atom is 0.0704 e. The molecule has 1 aliphatic carbocycles. The molecular formula is C15H24BrNS. The molecule has 1 N–H and O–H groups in total. The van der Waals surface area contributed by atoms with Crippen LogP contribution in [0, 0.1) is 23.7 Å². The van der Waals surface area contributed by atoms with E-state index in [4.69, 9.17) is 0 Å². The van der Waals surface area contributed by atoms with Gasteiger partial charge in [-0.3, -0.25) is 0 Å². The standard InChI is InChI=1S/C15H24BrNS/c1-7-17-12(10-8-11(16)18-9(10)2)13-14(3,4)15(13,5)6/h8,12-13,17H,7H2,1-6H3. The molecule has 1 unspecified atom stereocenters. The van der Waals surface area contributed by atoms with Gasteiger partial charge in [0.25, 0.3) is 0 Å². The highest BCUT2D eigenvalue weighted by molar-refractivity contribution is 9.11. The van der Waals surface area contributed by atoms with Crippen molar-refractivity contribution in [1.29, 1.82) is 0 Å².